The molecule has 4 aromatic rings. The molecule has 2 aromatic carbocycles. The van der Waals surface area contributed by atoms with Crippen LogP contribution < -0.4 is 26.4 Å². The maximum absolute atomic E-state index is 14.3. The van der Waals surface area contributed by atoms with Gasteiger partial charge in [0.2, 0.25) is 5.91 Å². The van der Waals surface area contributed by atoms with Crippen LogP contribution in [-0.2, 0) is 4.79 Å². The Morgan fingerprint density at radius 3 is 2.55 bits per heavy atom. The van der Waals surface area contributed by atoms with E-state index < -0.39 is 17.9 Å². The largest absolute Gasteiger partial charge is 0.495 e. The first-order valence-corrected chi connectivity index (χ1v) is 13.1. The van der Waals surface area contributed by atoms with E-state index >= 15 is 0 Å². The molecule has 0 unspecified atom stereocenters. The second-order valence-corrected chi connectivity index (χ2v) is 9.94. The van der Waals surface area contributed by atoms with Crippen LogP contribution in [0, 0.1) is 0 Å². The molecule has 5 rings (SSSR count). The van der Waals surface area contributed by atoms with Gasteiger partial charge in [0, 0.05) is 28.7 Å². The Hall–Kier alpha value is -4.38. The Morgan fingerprint density at radius 1 is 1.13 bits per heavy atom. The minimum Gasteiger partial charge on any atom is -0.495 e. The fourth-order valence-corrected chi connectivity index (χ4v) is 5.74. The van der Waals surface area contributed by atoms with Crippen molar-refractivity contribution in [2.45, 2.75) is 37.8 Å². The van der Waals surface area contributed by atoms with Crippen molar-refractivity contribution in [2.75, 3.05) is 17.7 Å². The van der Waals surface area contributed by atoms with Crippen molar-refractivity contribution in [3.8, 4) is 5.75 Å². The molecule has 38 heavy (non-hydrogen) atoms. The number of nitrogens with one attached hydrogen (secondary N) is 2. The molecule has 1 saturated carbocycles. The fraction of sp³-hybridized carbons (Fsp3) is 0.259. The van der Waals surface area contributed by atoms with Crippen molar-refractivity contribution in [1.82, 2.24) is 14.7 Å². The number of methoxy groups -OCH3 is 1. The highest BCUT2D eigenvalue weighted by atomic mass is 32.1. The number of hydrogen-bond donors (Lipinski definition) is 4. The van der Waals surface area contributed by atoms with Crippen molar-refractivity contribution < 1.29 is 19.1 Å². The quantitative estimate of drug-likeness (QED) is 0.271. The summed E-state index contributed by atoms with van der Waals surface area (Å²) in [4.78, 5) is 44.8. The van der Waals surface area contributed by atoms with E-state index in [1.807, 2.05) is 24.3 Å². The molecule has 11 heteroatoms. The van der Waals surface area contributed by atoms with Gasteiger partial charge < -0.3 is 26.5 Å². The number of aromatic amines is 1. The number of fused-ring (bicyclic) bond motifs is 1. The summed E-state index contributed by atoms with van der Waals surface area (Å²) in [6, 6.07) is 13.4. The molecule has 1 fully saturated rings. The molecule has 2 heterocycles. The first kappa shape index (κ1) is 25.3. The number of nitrogens with zero attached hydrogens (tertiary/aromatic N) is 2. The van der Waals surface area contributed by atoms with Gasteiger partial charge in [-0.25, -0.2) is 0 Å². The Bertz CT molecular complexity index is 1510. The highest BCUT2D eigenvalue weighted by Crippen LogP contribution is 2.40. The predicted octanol–water partition coefficient (Wildman–Crippen LogP) is 3.76. The van der Waals surface area contributed by atoms with Gasteiger partial charge in [0.25, 0.3) is 11.8 Å². The number of hydrogen-bond acceptors (Lipinski definition) is 7. The summed E-state index contributed by atoms with van der Waals surface area (Å²) in [7, 11) is 1.49. The summed E-state index contributed by atoms with van der Waals surface area (Å²) >= 11 is 0.765. The number of nitrogens with two attached hydrogens (primary N) is 2. The van der Waals surface area contributed by atoms with Crippen LogP contribution in [0.2, 0.25) is 0 Å². The van der Waals surface area contributed by atoms with Crippen molar-refractivity contribution >= 4 is 51.5 Å². The van der Waals surface area contributed by atoms with E-state index in [1.54, 1.807) is 30.5 Å². The molecule has 0 saturated heterocycles. The second-order valence-electron chi connectivity index (χ2n) is 9.17. The van der Waals surface area contributed by atoms with E-state index in [4.69, 9.17) is 16.2 Å². The number of para-hydroxylation sites is 3. The highest BCUT2D eigenvalue weighted by molar-refractivity contribution is 7.09. The third-order valence-corrected chi connectivity index (χ3v) is 7.69. The Balaban J connectivity index is 1.71. The molecule has 0 spiro atoms. The van der Waals surface area contributed by atoms with Crippen molar-refractivity contribution in [3.63, 3.8) is 0 Å². The van der Waals surface area contributed by atoms with Crippen LogP contribution in [0.1, 0.15) is 57.4 Å². The second kappa shape index (κ2) is 10.5. The molecular weight excluding hydrogens is 504 g/mol. The number of ether oxygens (including phenoxy) is 1. The molecular formula is C27H28N6O4S. The van der Waals surface area contributed by atoms with Crippen LogP contribution in [-0.4, -0.2) is 40.2 Å². The van der Waals surface area contributed by atoms with Crippen LogP contribution in [0.3, 0.4) is 0 Å². The van der Waals surface area contributed by atoms with E-state index in [9.17, 15) is 14.4 Å². The zero-order valence-electron chi connectivity index (χ0n) is 20.8. The van der Waals surface area contributed by atoms with E-state index in [0.717, 1.165) is 48.1 Å². The molecule has 2 aromatic heterocycles. The number of nitrogen functional groups attached to an aromatic ring is 1. The number of H-pyrrole nitrogens is 1. The van der Waals surface area contributed by atoms with Gasteiger partial charge in [0.05, 0.1) is 18.5 Å². The number of rotatable bonds is 8. The number of aromatic nitrogens is 2. The summed E-state index contributed by atoms with van der Waals surface area (Å²) in [5.41, 5.74) is 13.1. The molecule has 1 atom stereocenters. The fourth-order valence-electron chi connectivity index (χ4n) is 5.00. The highest BCUT2D eigenvalue weighted by Gasteiger charge is 2.39. The summed E-state index contributed by atoms with van der Waals surface area (Å²) in [5, 5.41) is 3.95. The molecule has 0 aliphatic heterocycles. The Kier molecular flexibility index (Phi) is 7.01. The van der Waals surface area contributed by atoms with E-state index in [0.29, 0.717) is 17.0 Å². The molecule has 1 aliphatic carbocycles. The number of primary amides is 1. The van der Waals surface area contributed by atoms with Gasteiger partial charge >= 0.3 is 0 Å². The first-order valence-electron chi connectivity index (χ1n) is 12.3. The predicted molar refractivity (Wildman–Crippen MR) is 146 cm³/mol. The lowest BCUT2D eigenvalue weighted by atomic mass is 10.0. The van der Waals surface area contributed by atoms with Crippen LogP contribution >= 0.6 is 11.5 Å². The molecule has 6 N–H and O–H groups in total. The zero-order valence-corrected chi connectivity index (χ0v) is 21.6. The molecule has 0 radical (unpaired) electrons. The lowest BCUT2D eigenvalue weighted by molar-refractivity contribution is -0.123. The lowest BCUT2D eigenvalue weighted by Gasteiger charge is -2.32. The monoisotopic (exact) mass is 532 g/mol. The van der Waals surface area contributed by atoms with E-state index in [1.165, 1.54) is 12.0 Å². The number of carbonyl (C=O) groups is 3. The van der Waals surface area contributed by atoms with E-state index in [-0.39, 0.29) is 28.2 Å². The third kappa shape index (κ3) is 4.56. The normalized spacial score (nSPS) is 14.3. The van der Waals surface area contributed by atoms with Gasteiger partial charge in [-0.2, -0.15) is 4.37 Å². The summed E-state index contributed by atoms with van der Waals surface area (Å²) in [6.45, 7) is 0. The topological polar surface area (TPSA) is 156 Å². The van der Waals surface area contributed by atoms with Gasteiger partial charge in [0.1, 0.15) is 16.7 Å². The average molecular weight is 533 g/mol. The van der Waals surface area contributed by atoms with Gasteiger partial charge in [-0.1, -0.05) is 43.2 Å². The van der Waals surface area contributed by atoms with Gasteiger partial charge in [-0.05, 0) is 42.6 Å². The summed E-state index contributed by atoms with van der Waals surface area (Å²) < 4.78 is 9.61. The maximum Gasteiger partial charge on any atom is 0.273 e. The molecule has 10 nitrogen and oxygen atoms in total. The number of benzene rings is 2. The number of carbonyl (C=O) groups excluding carboxylic acids is 3. The van der Waals surface area contributed by atoms with Crippen molar-refractivity contribution in [1.29, 1.82) is 0 Å². The smallest absolute Gasteiger partial charge is 0.273 e. The molecule has 1 aliphatic rings. The van der Waals surface area contributed by atoms with Crippen LogP contribution in [0.4, 0.5) is 11.4 Å². The summed E-state index contributed by atoms with van der Waals surface area (Å²) in [5.74, 6) is -1.39. The SMILES string of the molecule is COc1ccccc1N(C(=O)c1snc(C(N)=O)c1N)[C@@H](C(=O)NC1CCCC1)c1c[nH]c2ccccc12. The minimum absolute atomic E-state index is 0.00298. The first-order chi connectivity index (χ1) is 18.4. The molecule has 196 valence electrons. The average Bonchev–Trinajstić information content (AvgIpc) is 3.67. The maximum atomic E-state index is 14.3. The van der Waals surface area contributed by atoms with Gasteiger partial charge in [0.15, 0.2) is 5.69 Å². The Morgan fingerprint density at radius 2 is 1.84 bits per heavy atom. The summed E-state index contributed by atoms with van der Waals surface area (Å²) in [6.07, 6.45) is 5.55. The minimum atomic E-state index is -1.09. The number of anilines is 2. The molecule has 0 bridgehead atoms. The lowest BCUT2D eigenvalue weighted by Crippen LogP contribution is -2.46. The third-order valence-electron chi connectivity index (χ3n) is 6.84. The zero-order chi connectivity index (χ0) is 26.8. The van der Waals surface area contributed by atoms with E-state index in [2.05, 4.69) is 14.7 Å². The van der Waals surface area contributed by atoms with Crippen LogP contribution in [0.25, 0.3) is 10.9 Å². The van der Waals surface area contributed by atoms with Crippen molar-refractivity contribution in [2.24, 2.45) is 5.73 Å². The van der Waals surface area contributed by atoms with Crippen LogP contribution in [0.15, 0.2) is 54.7 Å². The van der Waals surface area contributed by atoms with Gasteiger partial charge in [-0.3, -0.25) is 19.3 Å². The number of amides is 3. The Labute approximate surface area is 223 Å². The molecule has 3 amide bonds. The van der Waals surface area contributed by atoms with Crippen molar-refractivity contribution in [3.05, 3.63) is 70.9 Å². The standard InChI is InChI=1S/C27H28N6O4S/c1-37-20-13-7-6-12-19(20)33(27(36)24-21(28)22(25(29)34)32-38-24)23(26(35)31-15-8-2-3-9-15)17-14-30-18-11-5-4-10-16(17)18/h4-7,10-15,23,30H,2-3,8-9,28H2,1H3,(H2,29,34)(H,31,35)/t23-/m1/s1. The van der Waals surface area contributed by atoms with Gasteiger partial charge in [-0.15, -0.1) is 0 Å². The van der Waals surface area contributed by atoms with Crippen LogP contribution in [0.5, 0.6) is 5.75 Å².